The average Bonchev–Trinajstić information content (AvgIpc) is 2.23. The summed E-state index contributed by atoms with van der Waals surface area (Å²) in [5.41, 5.74) is -0.797. The lowest BCUT2D eigenvalue weighted by atomic mass is 10.3. The highest BCUT2D eigenvalue weighted by molar-refractivity contribution is 7.86. The molecule has 0 spiro atoms. The normalized spacial score (nSPS) is 13.0. The first kappa shape index (κ1) is 15.3. The van der Waals surface area contributed by atoms with Gasteiger partial charge in [-0.1, -0.05) is 6.07 Å². The third-order valence-corrected chi connectivity index (χ3v) is 2.62. The number of hydrogen-bond acceptors (Lipinski definition) is 6. The largest absolute Gasteiger partial charge is 0.484 e. The van der Waals surface area contributed by atoms with E-state index in [2.05, 4.69) is 4.18 Å². The molecule has 7 nitrogen and oxygen atoms in total. The van der Waals surface area contributed by atoms with Crippen LogP contribution in [0.3, 0.4) is 0 Å². The minimum absolute atomic E-state index is 0.267. The molecule has 0 saturated carbocycles. The number of nitrogens with zero attached hydrogens (tertiary/aromatic N) is 1. The molecule has 0 N–H and O–H groups in total. The first-order valence-corrected chi connectivity index (χ1v) is 6.96. The second kappa shape index (κ2) is 5.93. The van der Waals surface area contributed by atoms with Gasteiger partial charge in [0, 0.05) is 0 Å². The van der Waals surface area contributed by atoms with Gasteiger partial charge in [0.1, 0.15) is 12.7 Å². The van der Waals surface area contributed by atoms with Gasteiger partial charge in [-0.15, -0.1) is 0 Å². The van der Waals surface area contributed by atoms with E-state index in [-0.39, 0.29) is 12.4 Å². The fraction of sp³-hybridized carbons (Fsp3) is 0.400. The first-order chi connectivity index (χ1) is 8.70. The van der Waals surface area contributed by atoms with Crippen molar-refractivity contribution in [2.45, 2.75) is 13.0 Å². The number of nitro groups is 1. The summed E-state index contributed by atoms with van der Waals surface area (Å²) >= 11 is 0. The summed E-state index contributed by atoms with van der Waals surface area (Å²) < 4.78 is 44.5. The van der Waals surface area contributed by atoms with Crippen molar-refractivity contribution in [3.8, 4) is 5.75 Å². The topological polar surface area (TPSA) is 95.7 Å². The molecule has 1 aromatic rings. The predicted octanol–water partition coefficient (Wildman–Crippen LogP) is 1.48. The van der Waals surface area contributed by atoms with Crippen LogP contribution in [-0.4, -0.2) is 32.3 Å². The van der Waals surface area contributed by atoms with E-state index in [0.29, 0.717) is 0 Å². The third-order valence-electron chi connectivity index (χ3n) is 1.94. The lowest BCUT2D eigenvalue weighted by Gasteiger charge is -2.12. The summed E-state index contributed by atoms with van der Waals surface area (Å²) in [6, 6.07) is 3.40. The number of benzene rings is 1. The van der Waals surface area contributed by atoms with E-state index in [1.165, 1.54) is 19.1 Å². The van der Waals surface area contributed by atoms with Gasteiger partial charge in [-0.25, -0.2) is 0 Å². The summed E-state index contributed by atoms with van der Waals surface area (Å²) in [6.07, 6.45) is 0.0200. The van der Waals surface area contributed by atoms with Crippen LogP contribution in [0.15, 0.2) is 18.2 Å². The summed E-state index contributed by atoms with van der Waals surface area (Å²) in [5.74, 6) is -1.31. The number of para-hydroxylation sites is 1. The van der Waals surface area contributed by atoms with Crippen molar-refractivity contribution in [3.05, 3.63) is 34.1 Å². The van der Waals surface area contributed by atoms with E-state index < -0.39 is 32.7 Å². The minimum atomic E-state index is -3.65. The Hall–Kier alpha value is -1.74. The summed E-state index contributed by atoms with van der Waals surface area (Å²) in [4.78, 5) is 9.76. The van der Waals surface area contributed by atoms with Crippen molar-refractivity contribution in [2.75, 3.05) is 12.9 Å². The van der Waals surface area contributed by atoms with Crippen molar-refractivity contribution < 1.29 is 26.7 Å². The summed E-state index contributed by atoms with van der Waals surface area (Å²) in [7, 11) is -3.65. The molecule has 9 heteroatoms. The molecule has 0 aliphatic rings. The zero-order chi connectivity index (χ0) is 14.6. The third kappa shape index (κ3) is 4.79. The van der Waals surface area contributed by atoms with Crippen LogP contribution in [0, 0.1) is 15.9 Å². The Balaban J connectivity index is 2.79. The van der Waals surface area contributed by atoms with Crippen LogP contribution in [0.2, 0.25) is 0 Å². The molecule has 0 saturated heterocycles. The van der Waals surface area contributed by atoms with Crippen molar-refractivity contribution in [3.63, 3.8) is 0 Å². The maximum atomic E-state index is 13.2. The van der Waals surface area contributed by atoms with Gasteiger partial charge in [0.2, 0.25) is 5.82 Å². The van der Waals surface area contributed by atoms with E-state index in [4.69, 9.17) is 4.74 Å². The smallest absolute Gasteiger partial charge is 0.346 e. The Kier molecular flexibility index (Phi) is 4.78. The van der Waals surface area contributed by atoms with Gasteiger partial charge in [-0.2, -0.15) is 12.8 Å². The van der Waals surface area contributed by atoms with Crippen LogP contribution in [-0.2, 0) is 14.3 Å². The van der Waals surface area contributed by atoms with Crippen molar-refractivity contribution >= 4 is 15.8 Å². The minimum Gasteiger partial charge on any atom is -0.484 e. The van der Waals surface area contributed by atoms with E-state index in [1.54, 1.807) is 0 Å². The highest BCUT2D eigenvalue weighted by Crippen LogP contribution is 2.29. The van der Waals surface area contributed by atoms with E-state index in [9.17, 15) is 22.9 Å². The van der Waals surface area contributed by atoms with Crippen LogP contribution in [0.1, 0.15) is 6.92 Å². The zero-order valence-electron chi connectivity index (χ0n) is 10.2. The molecule has 106 valence electrons. The molecule has 1 rings (SSSR count). The fourth-order valence-electron chi connectivity index (χ4n) is 1.32. The molecule has 0 aromatic heterocycles. The molecule has 1 aromatic carbocycles. The van der Waals surface area contributed by atoms with Gasteiger partial charge in [-0.05, 0) is 19.1 Å². The van der Waals surface area contributed by atoms with Crippen LogP contribution in [0.5, 0.6) is 5.75 Å². The summed E-state index contributed by atoms with van der Waals surface area (Å²) in [5, 5.41) is 10.7. The van der Waals surface area contributed by atoms with Crippen molar-refractivity contribution in [1.29, 1.82) is 0 Å². The first-order valence-electron chi connectivity index (χ1n) is 5.14. The SMILES string of the molecule is C[C@@H](COc1cccc(F)c1[N+](=O)[O-])OS(C)(=O)=O. The Bertz CT molecular complexity index is 573. The number of nitro benzene ring substituents is 1. The highest BCUT2D eigenvalue weighted by atomic mass is 32.2. The molecule has 0 bridgehead atoms. The predicted molar refractivity (Wildman–Crippen MR) is 63.9 cm³/mol. The van der Waals surface area contributed by atoms with E-state index >= 15 is 0 Å². The van der Waals surface area contributed by atoms with Crippen LogP contribution < -0.4 is 4.74 Å². The average molecular weight is 293 g/mol. The number of halogens is 1. The van der Waals surface area contributed by atoms with Gasteiger partial charge in [0.15, 0.2) is 5.75 Å². The van der Waals surface area contributed by atoms with Gasteiger partial charge >= 0.3 is 5.69 Å². The molecule has 0 unspecified atom stereocenters. The van der Waals surface area contributed by atoms with Crippen molar-refractivity contribution in [1.82, 2.24) is 0 Å². The Morgan fingerprint density at radius 3 is 2.63 bits per heavy atom. The number of hydrogen-bond donors (Lipinski definition) is 0. The molecular weight excluding hydrogens is 281 g/mol. The summed E-state index contributed by atoms with van der Waals surface area (Å²) in [6.45, 7) is 1.14. The van der Waals surface area contributed by atoms with E-state index in [0.717, 1.165) is 12.3 Å². The Labute approximate surface area is 109 Å². The lowest BCUT2D eigenvalue weighted by Crippen LogP contribution is -2.21. The molecule has 0 heterocycles. The Morgan fingerprint density at radius 2 is 2.11 bits per heavy atom. The second-order valence-corrected chi connectivity index (χ2v) is 5.37. The van der Waals surface area contributed by atoms with Crippen molar-refractivity contribution in [2.24, 2.45) is 0 Å². The second-order valence-electron chi connectivity index (χ2n) is 3.77. The van der Waals surface area contributed by atoms with Gasteiger partial charge in [0.25, 0.3) is 10.1 Å². The van der Waals surface area contributed by atoms with Crippen LogP contribution in [0.4, 0.5) is 10.1 Å². The molecule has 0 aliphatic carbocycles. The molecule has 0 amide bonds. The molecular formula is C10H12FNO6S. The number of ether oxygens (including phenoxy) is 1. The molecule has 0 fully saturated rings. The quantitative estimate of drug-likeness (QED) is 0.448. The maximum Gasteiger partial charge on any atom is 0.346 e. The van der Waals surface area contributed by atoms with Crippen LogP contribution in [0.25, 0.3) is 0 Å². The van der Waals surface area contributed by atoms with Gasteiger partial charge in [-0.3, -0.25) is 14.3 Å². The standard InChI is InChI=1S/C10H12FNO6S/c1-7(18-19(2,15)16)6-17-9-5-3-4-8(11)10(9)12(13)14/h3-5,7H,6H2,1-2H3/t7-/m0/s1. The fourth-order valence-corrected chi connectivity index (χ4v) is 1.97. The monoisotopic (exact) mass is 293 g/mol. The van der Waals surface area contributed by atoms with Gasteiger partial charge < -0.3 is 4.74 Å². The lowest BCUT2D eigenvalue weighted by molar-refractivity contribution is -0.388. The maximum absolute atomic E-state index is 13.2. The van der Waals surface area contributed by atoms with Gasteiger partial charge in [0.05, 0.1) is 11.2 Å². The highest BCUT2D eigenvalue weighted by Gasteiger charge is 2.22. The number of rotatable bonds is 6. The van der Waals surface area contributed by atoms with E-state index in [1.807, 2.05) is 0 Å². The molecule has 19 heavy (non-hydrogen) atoms. The Morgan fingerprint density at radius 1 is 1.47 bits per heavy atom. The van der Waals surface area contributed by atoms with Crippen LogP contribution >= 0.6 is 0 Å². The molecule has 0 radical (unpaired) electrons. The molecule has 1 atom stereocenters. The zero-order valence-corrected chi connectivity index (χ0v) is 11.0. The molecule has 0 aliphatic heterocycles.